The van der Waals surface area contributed by atoms with Gasteiger partial charge in [0.1, 0.15) is 5.82 Å². The highest BCUT2D eigenvalue weighted by molar-refractivity contribution is 5.93. The maximum Gasteiger partial charge on any atom is 0.255 e. The van der Waals surface area contributed by atoms with Gasteiger partial charge in [0.15, 0.2) is 0 Å². The summed E-state index contributed by atoms with van der Waals surface area (Å²) in [6.45, 7) is 6.25. The standard InChI is InChI=1S/C23H30FN3O2/c1-3-27(23(29)20-9-10-22(28)25(2)17-20)16-19-7-5-12-26(15-19)13-11-18-6-4-8-21(24)14-18/h4,6,8-10,14,17,19H,3,5,7,11-13,15-16H2,1-2H3. The summed E-state index contributed by atoms with van der Waals surface area (Å²) in [5.74, 6) is 0.210. The van der Waals surface area contributed by atoms with Gasteiger partial charge in [0, 0.05) is 45.5 Å². The first kappa shape index (κ1) is 21.2. The summed E-state index contributed by atoms with van der Waals surface area (Å²) < 4.78 is 14.8. The van der Waals surface area contributed by atoms with E-state index in [-0.39, 0.29) is 17.3 Å². The van der Waals surface area contributed by atoms with Crippen LogP contribution in [0.2, 0.25) is 0 Å². The Morgan fingerprint density at radius 3 is 2.83 bits per heavy atom. The number of likely N-dealkylation sites (tertiary alicyclic amines) is 1. The van der Waals surface area contributed by atoms with Crippen LogP contribution in [0.5, 0.6) is 0 Å². The van der Waals surface area contributed by atoms with Gasteiger partial charge in [-0.2, -0.15) is 0 Å². The SMILES string of the molecule is CCN(CC1CCCN(CCc2cccc(F)c2)C1)C(=O)c1ccc(=O)n(C)c1. The summed E-state index contributed by atoms with van der Waals surface area (Å²) in [6, 6.07) is 9.85. The minimum Gasteiger partial charge on any atom is -0.339 e. The van der Waals surface area contributed by atoms with E-state index in [0.717, 1.165) is 44.5 Å². The third kappa shape index (κ3) is 5.76. The Hall–Kier alpha value is -2.47. The number of carbonyl (C=O) groups excluding carboxylic acids is 1. The van der Waals surface area contributed by atoms with E-state index in [1.165, 1.54) is 16.7 Å². The third-order valence-electron chi connectivity index (χ3n) is 5.69. The van der Waals surface area contributed by atoms with E-state index < -0.39 is 0 Å². The molecule has 1 atom stereocenters. The van der Waals surface area contributed by atoms with Gasteiger partial charge in [-0.3, -0.25) is 9.59 Å². The second-order valence-electron chi connectivity index (χ2n) is 7.90. The van der Waals surface area contributed by atoms with Gasteiger partial charge in [0.2, 0.25) is 5.56 Å². The van der Waals surface area contributed by atoms with Gasteiger partial charge in [-0.15, -0.1) is 0 Å². The fourth-order valence-electron chi connectivity index (χ4n) is 4.05. The fraction of sp³-hybridized carbons (Fsp3) is 0.478. The van der Waals surface area contributed by atoms with Crippen LogP contribution in [0.1, 0.15) is 35.7 Å². The molecule has 0 saturated carbocycles. The zero-order valence-electron chi connectivity index (χ0n) is 17.3. The Bertz CT molecular complexity index is 896. The second-order valence-corrected chi connectivity index (χ2v) is 7.90. The van der Waals surface area contributed by atoms with Crippen molar-refractivity contribution >= 4 is 5.91 Å². The molecule has 0 N–H and O–H groups in total. The molecule has 3 rings (SSSR count). The summed E-state index contributed by atoms with van der Waals surface area (Å²) in [5.41, 5.74) is 1.45. The number of pyridine rings is 1. The molecule has 6 heteroatoms. The van der Waals surface area contributed by atoms with Crippen LogP contribution in [0.3, 0.4) is 0 Å². The fourth-order valence-corrected chi connectivity index (χ4v) is 4.05. The second kappa shape index (κ2) is 9.83. The van der Waals surface area contributed by atoms with E-state index in [4.69, 9.17) is 0 Å². The van der Waals surface area contributed by atoms with Crippen molar-refractivity contribution in [1.82, 2.24) is 14.4 Å². The van der Waals surface area contributed by atoms with Gasteiger partial charge in [0.05, 0.1) is 5.56 Å². The molecule has 2 aromatic rings. The molecule has 1 unspecified atom stereocenters. The lowest BCUT2D eigenvalue weighted by atomic mass is 9.96. The molecule has 5 nitrogen and oxygen atoms in total. The molecule has 1 fully saturated rings. The lowest BCUT2D eigenvalue weighted by molar-refractivity contribution is 0.0690. The van der Waals surface area contributed by atoms with E-state index in [1.54, 1.807) is 31.4 Å². The first-order chi connectivity index (χ1) is 14.0. The van der Waals surface area contributed by atoms with E-state index in [1.807, 2.05) is 17.9 Å². The number of amides is 1. The largest absolute Gasteiger partial charge is 0.339 e. The number of rotatable bonds is 7. The van der Waals surface area contributed by atoms with Crippen molar-refractivity contribution < 1.29 is 9.18 Å². The van der Waals surface area contributed by atoms with Crippen molar-refractivity contribution in [3.05, 3.63) is 69.9 Å². The number of benzene rings is 1. The zero-order valence-corrected chi connectivity index (χ0v) is 17.3. The van der Waals surface area contributed by atoms with Crippen LogP contribution in [-0.2, 0) is 13.5 Å². The average Bonchev–Trinajstić information content (AvgIpc) is 2.72. The summed E-state index contributed by atoms with van der Waals surface area (Å²) in [5, 5.41) is 0. The first-order valence-electron chi connectivity index (χ1n) is 10.4. The molecule has 156 valence electrons. The van der Waals surface area contributed by atoms with Gasteiger partial charge in [-0.1, -0.05) is 12.1 Å². The third-order valence-corrected chi connectivity index (χ3v) is 5.69. The number of aryl methyl sites for hydroxylation is 1. The van der Waals surface area contributed by atoms with E-state index in [2.05, 4.69) is 4.90 Å². The molecule has 1 saturated heterocycles. The predicted molar refractivity (Wildman–Crippen MR) is 113 cm³/mol. The van der Waals surface area contributed by atoms with Crippen molar-refractivity contribution in [3.8, 4) is 0 Å². The number of halogens is 1. The molecule has 0 bridgehead atoms. The van der Waals surface area contributed by atoms with E-state index >= 15 is 0 Å². The molecule has 1 aromatic carbocycles. The highest BCUT2D eigenvalue weighted by Gasteiger charge is 2.24. The van der Waals surface area contributed by atoms with Gasteiger partial charge in [-0.25, -0.2) is 4.39 Å². The Kier molecular flexibility index (Phi) is 7.20. The van der Waals surface area contributed by atoms with Crippen molar-refractivity contribution in [1.29, 1.82) is 0 Å². The van der Waals surface area contributed by atoms with Crippen LogP contribution in [0.4, 0.5) is 4.39 Å². The zero-order chi connectivity index (χ0) is 20.8. The van der Waals surface area contributed by atoms with Crippen LogP contribution >= 0.6 is 0 Å². The van der Waals surface area contributed by atoms with Crippen LogP contribution < -0.4 is 5.56 Å². The maximum atomic E-state index is 13.4. The minimum atomic E-state index is -0.186. The van der Waals surface area contributed by atoms with E-state index in [0.29, 0.717) is 24.6 Å². The summed E-state index contributed by atoms with van der Waals surface area (Å²) in [7, 11) is 1.66. The molecule has 1 aliphatic rings. The number of piperidine rings is 1. The van der Waals surface area contributed by atoms with Gasteiger partial charge in [-0.05, 0) is 62.4 Å². The number of nitrogens with zero attached hydrogens (tertiary/aromatic N) is 3. The van der Waals surface area contributed by atoms with Crippen LogP contribution in [0, 0.1) is 11.7 Å². The normalized spacial score (nSPS) is 17.3. The molecule has 2 heterocycles. The smallest absolute Gasteiger partial charge is 0.255 e. The highest BCUT2D eigenvalue weighted by atomic mass is 19.1. The highest BCUT2D eigenvalue weighted by Crippen LogP contribution is 2.19. The van der Waals surface area contributed by atoms with Gasteiger partial charge < -0.3 is 14.4 Å². The molecule has 0 aliphatic carbocycles. The molecule has 1 aromatic heterocycles. The Balaban J connectivity index is 1.56. The lowest BCUT2D eigenvalue weighted by Gasteiger charge is -2.35. The molecule has 0 spiro atoms. The van der Waals surface area contributed by atoms with Crippen molar-refractivity contribution in [2.75, 3.05) is 32.7 Å². The van der Waals surface area contributed by atoms with Crippen LogP contribution in [0.25, 0.3) is 0 Å². The minimum absolute atomic E-state index is 0.0278. The Labute approximate surface area is 171 Å². The number of carbonyl (C=O) groups is 1. The van der Waals surface area contributed by atoms with Crippen LogP contribution in [0.15, 0.2) is 47.4 Å². The first-order valence-corrected chi connectivity index (χ1v) is 10.4. The monoisotopic (exact) mass is 399 g/mol. The number of hydrogen-bond donors (Lipinski definition) is 0. The summed E-state index contributed by atoms with van der Waals surface area (Å²) in [4.78, 5) is 28.8. The van der Waals surface area contributed by atoms with Gasteiger partial charge in [0.25, 0.3) is 5.91 Å². The van der Waals surface area contributed by atoms with Gasteiger partial charge >= 0.3 is 0 Å². The molecular weight excluding hydrogens is 369 g/mol. The Morgan fingerprint density at radius 1 is 1.28 bits per heavy atom. The molecule has 1 aliphatic heterocycles. The molecule has 29 heavy (non-hydrogen) atoms. The number of aromatic nitrogens is 1. The maximum absolute atomic E-state index is 13.4. The van der Waals surface area contributed by atoms with Crippen molar-refractivity contribution in [2.24, 2.45) is 13.0 Å². The lowest BCUT2D eigenvalue weighted by Crippen LogP contribution is -2.43. The predicted octanol–water partition coefficient (Wildman–Crippen LogP) is 2.94. The van der Waals surface area contributed by atoms with Crippen LogP contribution in [-0.4, -0.2) is 53.0 Å². The average molecular weight is 400 g/mol. The van der Waals surface area contributed by atoms with E-state index in [9.17, 15) is 14.0 Å². The Morgan fingerprint density at radius 2 is 2.10 bits per heavy atom. The summed E-state index contributed by atoms with van der Waals surface area (Å²) >= 11 is 0. The quantitative estimate of drug-likeness (QED) is 0.719. The van der Waals surface area contributed by atoms with Crippen molar-refractivity contribution in [3.63, 3.8) is 0 Å². The topological polar surface area (TPSA) is 45.6 Å². The molecular formula is C23H30FN3O2. The molecule has 0 radical (unpaired) electrons. The van der Waals surface area contributed by atoms with Crippen molar-refractivity contribution in [2.45, 2.75) is 26.2 Å². The summed E-state index contributed by atoms with van der Waals surface area (Å²) in [6.07, 6.45) is 4.66. The number of hydrogen-bond acceptors (Lipinski definition) is 3. The molecule has 1 amide bonds.